The van der Waals surface area contributed by atoms with Crippen molar-refractivity contribution in [2.24, 2.45) is 0 Å². The Morgan fingerprint density at radius 3 is 2.74 bits per heavy atom. The summed E-state index contributed by atoms with van der Waals surface area (Å²) < 4.78 is 16.0. The summed E-state index contributed by atoms with van der Waals surface area (Å²) >= 11 is 0. The van der Waals surface area contributed by atoms with Crippen LogP contribution in [0.15, 0.2) is 17.1 Å². The van der Waals surface area contributed by atoms with E-state index in [9.17, 15) is 14.0 Å². The maximum atomic E-state index is 14.4. The van der Waals surface area contributed by atoms with Crippen molar-refractivity contribution in [1.29, 1.82) is 0 Å². The van der Waals surface area contributed by atoms with Crippen molar-refractivity contribution in [2.45, 2.75) is 13.5 Å². The molecule has 122 valence electrons. The summed E-state index contributed by atoms with van der Waals surface area (Å²) in [6.07, 6.45) is 1.27. The van der Waals surface area contributed by atoms with Gasteiger partial charge >= 0.3 is 5.97 Å². The number of carboxylic acid groups (broad SMARTS) is 1. The number of rotatable bonds is 3. The van der Waals surface area contributed by atoms with E-state index >= 15 is 0 Å². The molecule has 2 aromatic rings. The van der Waals surface area contributed by atoms with Gasteiger partial charge in [-0.25, -0.2) is 14.2 Å². The molecule has 0 bridgehead atoms. The number of nitrogens with zero attached hydrogens (tertiary/aromatic N) is 3. The third-order valence-electron chi connectivity index (χ3n) is 4.06. The molecule has 23 heavy (non-hydrogen) atoms. The van der Waals surface area contributed by atoms with E-state index < -0.39 is 17.2 Å². The SMILES string of the molecule is CCn1cc(C(=O)O)c(=O)c2cc(F)c(N3CC[NH2+]CC3)nc21. The summed E-state index contributed by atoms with van der Waals surface area (Å²) in [5, 5.41) is 11.3. The molecular formula is C15H18FN4O3+. The first-order chi connectivity index (χ1) is 11.0. The van der Waals surface area contributed by atoms with Crippen LogP contribution in [0.25, 0.3) is 11.0 Å². The van der Waals surface area contributed by atoms with Crippen molar-refractivity contribution in [3.8, 4) is 0 Å². The molecule has 0 atom stereocenters. The number of anilines is 1. The summed E-state index contributed by atoms with van der Waals surface area (Å²) in [6.45, 7) is 5.33. The van der Waals surface area contributed by atoms with Gasteiger partial charge in [0.2, 0.25) is 5.43 Å². The summed E-state index contributed by atoms with van der Waals surface area (Å²) in [5.74, 6) is -1.70. The Labute approximate surface area is 131 Å². The van der Waals surface area contributed by atoms with Gasteiger partial charge in [0.15, 0.2) is 11.6 Å². The van der Waals surface area contributed by atoms with Crippen LogP contribution in [0, 0.1) is 5.82 Å². The number of quaternary nitrogens is 1. The van der Waals surface area contributed by atoms with Gasteiger partial charge in [-0.2, -0.15) is 0 Å². The Balaban J connectivity index is 2.24. The van der Waals surface area contributed by atoms with E-state index in [1.165, 1.54) is 6.20 Å². The summed E-state index contributed by atoms with van der Waals surface area (Å²) in [7, 11) is 0. The molecule has 0 aromatic carbocycles. The Kier molecular flexibility index (Phi) is 3.99. The Morgan fingerprint density at radius 1 is 1.43 bits per heavy atom. The zero-order valence-corrected chi connectivity index (χ0v) is 12.8. The number of halogens is 1. The van der Waals surface area contributed by atoms with E-state index in [4.69, 9.17) is 5.11 Å². The first-order valence-corrected chi connectivity index (χ1v) is 7.56. The van der Waals surface area contributed by atoms with Crippen molar-refractivity contribution < 1.29 is 19.6 Å². The van der Waals surface area contributed by atoms with Gasteiger partial charge in [-0.05, 0) is 13.0 Å². The van der Waals surface area contributed by atoms with Crippen molar-refractivity contribution in [3.05, 3.63) is 33.9 Å². The Morgan fingerprint density at radius 2 is 2.13 bits per heavy atom. The van der Waals surface area contributed by atoms with E-state index in [-0.39, 0.29) is 16.8 Å². The third-order valence-corrected chi connectivity index (χ3v) is 4.06. The van der Waals surface area contributed by atoms with Gasteiger partial charge in [-0.15, -0.1) is 0 Å². The van der Waals surface area contributed by atoms with Gasteiger partial charge in [-0.1, -0.05) is 0 Å². The lowest BCUT2D eigenvalue weighted by Crippen LogP contribution is -2.89. The van der Waals surface area contributed by atoms with Crippen LogP contribution in [-0.2, 0) is 6.54 Å². The molecule has 3 N–H and O–H groups in total. The second-order valence-electron chi connectivity index (χ2n) is 5.48. The molecule has 1 fully saturated rings. The zero-order valence-electron chi connectivity index (χ0n) is 12.8. The van der Waals surface area contributed by atoms with Crippen LogP contribution in [0.5, 0.6) is 0 Å². The monoisotopic (exact) mass is 321 g/mol. The fourth-order valence-electron chi connectivity index (χ4n) is 2.85. The highest BCUT2D eigenvalue weighted by Gasteiger charge is 2.22. The lowest BCUT2D eigenvalue weighted by Gasteiger charge is -2.27. The molecule has 0 aliphatic carbocycles. The van der Waals surface area contributed by atoms with Gasteiger partial charge in [-0.3, -0.25) is 4.79 Å². The minimum absolute atomic E-state index is 0.00317. The number of piperazine rings is 1. The third kappa shape index (κ3) is 2.65. The van der Waals surface area contributed by atoms with E-state index in [0.717, 1.165) is 19.2 Å². The molecule has 8 heteroatoms. The predicted molar refractivity (Wildman–Crippen MR) is 82.5 cm³/mol. The number of carbonyl (C=O) groups is 1. The van der Waals surface area contributed by atoms with Gasteiger partial charge in [0.1, 0.15) is 11.2 Å². The molecule has 0 amide bonds. The van der Waals surface area contributed by atoms with Crippen molar-refractivity contribution in [2.75, 3.05) is 31.1 Å². The lowest BCUT2D eigenvalue weighted by molar-refractivity contribution is -0.655. The fourth-order valence-corrected chi connectivity index (χ4v) is 2.85. The highest BCUT2D eigenvalue weighted by Crippen LogP contribution is 2.21. The van der Waals surface area contributed by atoms with Crippen molar-refractivity contribution in [1.82, 2.24) is 9.55 Å². The number of aromatic nitrogens is 2. The molecule has 1 aliphatic heterocycles. The van der Waals surface area contributed by atoms with Gasteiger partial charge in [0, 0.05) is 12.7 Å². The van der Waals surface area contributed by atoms with Crippen LogP contribution >= 0.6 is 0 Å². The number of pyridine rings is 2. The first-order valence-electron chi connectivity index (χ1n) is 7.56. The molecule has 1 aliphatic rings. The van der Waals surface area contributed by atoms with Gasteiger partial charge in [0.25, 0.3) is 0 Å². The topological polar surface area (TPSA) is 92.0 Å². The fraction of sp³-hybridized carbons (Fsp3) is 0.400. The Bertz CT molecular complexity index is 828. The molecular weight excluding hydrogens is 303 g/mol. The largest absolute Gasteiger partial charge is 0.477 e. The Hall–Kier alpha value is -2.48. The molecule has 3 rings (SSSR count). The average Bonchev–Trinajstić information content (AvgIpc) is 2.55. The summed E-state index contributed by atoms with van der Waals surface area (Å²) in [5.41, 5.74) is -0.767. The standard InChI is InChI=1S/C15H17FN4O3/c1-2-19-8-10(15(22)23)12(21)9-7-11(16)14(18-13(9)19)20-5-3-17-4-6-20/h7-8,17H,2-6H2,1H3,(H,22,23)/p+1. The quantitative estimate of drug-likeness (QED) is 0.805. The number of aryl methyl sites for hydroxylation is 1. The first kappa shape index (κ1) is 15.4. The van der Waals surface area contributed by atoms with E-state index in [1.807, 2.05) is 11.8 Å². The van der Waals surface area contributed by atoms with Crippen LogP contribution in [0.2, 0.25) is 0 Å². The van der Waals surface area contributed by atoms with Gasteiger partial charge < -0.3 is 19.9 Å². The van der Waals surface area contributed by atoms with Crippen molar-refractivity contribution >= 4 is 22.8 Å². The van der Waals surface area contributed by atoms with Crippen LogP contribution in [0.1, 0.15) is 17.3 Å². The minimum atomic E-state index is -1.32. The molecule has 0 unspecified atom stereocenters. The highest BCUT2D eigenvalue weighted by molar-refractivity contribution is 5.92. The number of fused-ring (bicyclic) bond motifs is 1. The highest BCUT2D eigenvalue weighted by atomic mass is 19.1. The zero-order chi connectivity index (χ0) is 16.6. The number of hydrogen-bond donors (Lipinski definition) is 2. The van der Waals surface area contributed by atoms with Crippen LogP contribution in [-0.4, -0.2) is 46.8 Å². The van der Waals surface area contributed by atoms with E-state index in [1.54, 1.807) is 4.57 Å². The maximum absolute atomic E-state index is 14.4. The molecule has 0 radical (unpaired) electrons. The number of hydrogen-bond acceptors (Lipinski definition) is 4. The molecule has 3 heterocycles. The second-order valence-corrected chi connectivity index (χ2v) is 5.48. The van der Waals surface area contributed by atoms with Crippen molar-refractivity contribution in [3.63, 3.8) is 0 Å². The predicted octanol–water partition coefficient (Wildman–Crippen LogP) is -0.363. The van der Waals surface area contributed by atoms with E-state index in [0.29, 0.717) is 25.3 Å². The molecule has 2 aromatic heterocycles. The minimum Gasteiger partial charge on any atom is -0.477 e. The normalized spacial score (nSPS) is 15.1. The molecule has 7 nitrogen and oxygen atoms in total. The number of aromatic carboxylic acids is 1. The smallest absolute Gasteiger partial charge is 0.341 e. The van der Waals surface area contributed by atoms with Crippen LogP contribution in [0.3, 0.4) is 0 Å². The second kappa shape index (κ2) is 5.96. The number of nitrogens with two attached hydrogens (primary N) is 1. The summed E-state index contributed by atoms with van der Waals surface area (Å²) in [4.78, 5) is 29.6. The summed E-state index contributed by atoms with van der Waals surface area (Å²) in [6, 6.07) is 1.11. The average molecular weight is 321 g/mol. The van der Waals surface area contributed by atoms with Crippen LogP contribution in [0.4, 0.5) is 10.2 Å². The van der Waals surface area contributed by atoms with E-state index in [2.05, 4.69) is 10.3 Å². The number of carboxylic acids is 1. The van der Waals surface area contributed by atoms with Crippen LogP contribution < -0.4 is 15.6 Å². The molecule has 1 saturated heterocycles. The maximum Gasteiger partial charge on any atom is 0.341 e. The van der Waals surface area contributed by atoms with Gasteiger partial charge in [0.05, 0.1) is 31.6 Å². The lowest BCUT2D eigenvalue weighted by atomic mass is 10.2. The molecule has 0 saturated carbocycles. The molecule has 0 spiro atoms.